The van der Waals surface area contributed by atoms with Gasteiger partial charge in [-0.15, -0.1) is 0 Å². The van der Waals surface area contributed by atoms with Gasteiger partial charge >= 0.3 is 0 Å². The van der Waals surface area contributed by atoms with Crippen LogP contribution < -0.4 is 5.32 Å². The molecule has 1 aliphatic heterocycles. The first-order valence-electron chi connectivity index (χ1n) is 8.21. The number of piperidine rings is 1. The quantitative estimate of drug-likeness (QED) is 0.906. The van der Waals surface area contributed by atoms with E-state index in [1.54, 1.807) is 6.33 Å². The summed E-state index contributed by atoms with van der Waals surface area (Å²) in [5.41, 5.74) is 0.208. The van der Waals surface area contributed by atoms with Crippen LogP contribution >= 0.6 is 0 Å². The topological polar surface area (TPSA) is 46.0 Å². The summed E-state index contributed by atoms with van der Waals surface area (Å²) in [6, 6.07) is 0.380. The standard InChI is InChI=1S/C16H31N5/c1-13(2)21-15(17-12-19-21)11-20-8-6-7-14(10-20)9-18-16(3,4)5/h12-14,18H,6-11H2,1-5H3. The Bertz CT molecular complexity index is 432. The minimum atomic E-state index is 0.208. The summed E-state index contributed by atoms with van der Waals surface area (Å²) in [4.78, 5) is 6.97. The summed E-state index contributed by atoms with van der Waals surface area (Å²) in [5.74, 6) is 1.84. The van der Waals surface area contributed by atoms with Crippen molar-refractivity contribution in [2.24, 2.45) is 5.92 Å². The Morgan fingerprint density at radius 2 is 2.14 bits per heavy atom. The molecule has 0 radical (unpaired) electrons. The molecule has 2 rings (SSSR count). The first kappa shape index (κ1) is 16.4. The third-order valence-electron chi connectivity index (χ3n) is 4.03. The molecule has 1 saturated heterocycles. The highest BCUT2D eigenvalue weighted by atomic mass is 15.4. The lowest BCUT2D eigenvalue weighted by atomic mass is 9.96. The molecule has 0 saturated carbocycles. The number of hydrogen-bond acceptors (Lipinski definition) is 4. The Labute approximate surface area is 129 Å². The minimum absolute atomic E-state index is 0.208. The van der Waals surface area contributed by atoms with Gasteiger partial charge in [0.05, 0.1) is 6.54 Å². The molecule has 1 fully saturated rings. The molecule has 1 atom stereocenters. The van der Waals surface area contributed by atoms with E-state index in [0.717, 1.165) is 31.4 Å². The SMILES string of the molecule is CC(C)n1ncnc1CN1CCCC(CNC(C)(C)C)C1. The van der Waals surface area contributed by atoms with Gasteiger partial charge in [-0.1, -0.05) is 0 Å². The largest absolute Gasteiger partial charge is 0.312 e. The zero-order chi connectivity index (χ0) is 15.5. The maximum absolute atomic E-state index is 4.44. The molecule has 0 aromatic carbocycles. The molecule has 5 nitrogen and oxygen atoms in total. The summed E-state index contributed by atoms with van der Waals surface area (Å²) in [6.45, 7) is 15.4. The highest BCUT2D eigenvalue weighted by molar-refractivity contribution is 4.88. The maximum Gasteiger partial charge on any atom is 0.141 e. The lowest BCUT2D eigenvalue weighted by molar-refractivity contribution is 0.153. The third kappa shape index (κ3) is 5.08. The fourth-order valence-electron chi connectivity index (χ4n) is 2.93. The Hall–Kier alpha value is -0.940. The number of nitrogens with zero attached hydrogens (tertiary/aromatic N) is 4. The summed E-state index contributed by atoms with van der Waals surface area (Å²) in [7, 11) is 0. The van der Waals surface area contributed by atoms with Crippen molar-refractivity contribution in [3.63, 3.8) is 0 Å². The van der Waals surface area contributed by atoms with E-state index < -0.39 is 0 Å². The number of likely N-dealkylation sites (tertiary alicyclic amines) is 1. The van der Waals surface area contributed by atoms with Crippen LogP contribution in [0.3, 0.4) is 0 Å². The minimum Gasteiger partial charge on any atom is -0.312 e. The molecule has 0 bridgehead atoms. The van der Waals surface area contributed by atoms with Crippen LogP contribution in [0.25, 0.3) is 0 Å². The zero-order valence-electron chi connectivity index (χ0n) is 14.3. The van der Waals surface area contributed by atoms with Gasteiger partial charge in [0.1, 0.15) is 12.2 Å². The molecule has 1 aromatic rings. The Balaban J connectivity index is 1.88. The lowest BCUT2D eigenvalue weighted by Crippen LogP contribution is -2.44. The van der Waals surface area contributed by atoms with Crippen molar-refractivity contribution < 1.29 is 0 Å². The number of aromatic nitrogens is 3. The summed E-state index contributed by atoms with van der Waals surface area (Å²) in [6.07, 6.45) is 4.29. The van der Waals surface area contributed by atoms with Gasteiger partial charge in [0.15, 0.2) is 0 Å². The van der Waals surface area contributed by atoms with Crippen LogP contribution in [0.5, 0.6) is 0 Å². The molecule has 1 aromatic heterocycles. The van der Waals surface area contributed by atoms with Crippen LogP contribution in [0.15, 0.2) is 6.33 Å². The second-order valence-electron chi connectivity index (χ2n) is 7.59. The van der Waals surface area contributed by atoms with Crippen LogP contribution in [0.4, 0.5) is 0 Å². The van der Waals surface area contributed by atoms with Crippen molar-refractivity contribution in [2.45, 2.75) is 65.6 Å². The molecule has 21 heavy (non-hydrogen) atoms. The number of rotatable bonds is 5. The molecule has 1 N–H and O–H groups in total. The Morgan fingerprint density at radius 1 is 1.38 bits per heavy atom. The van der Waals surface area contributed by atoms with Gasteiger partial charge in [-0.05, 0) is 66.5 Å². The zero-order valence-corrected chi connectivity index (χ0v) is 14.3. The highest BCUT2D eigenvalue weighted by Gasteiger charge is 2.23. The molecule has 1 unspecified atom stereocenters. The summed E-state index contributed by atoms with van der Waals surface area (Å²) >= 11 is 0. The van der Waals surface area contributed by atoms with Crippen molar-refractivity contribution in [1.29, 1.82) is 0 Å². The number of hydrogen-bond donors (Lipinski definition) is 1. The van der Waals surface area contributed by atoms with Crippen LogP contribution in [0.2, 0.25) is 0 Å². The van der Waals surface area contributed by atoms with E-state index in [-0.39, 0.29) is 5.54 Å². The van der Waals surface area contributed by atoms with Crippen LogP contribution in [-0.4, -0.2) is 44.8 Å². The van der Waals surface area contributed by atoms with E-state index in [1.165, 1.54) is 19.4 Å². The molecule has 2 heterocycles. The monoisotopic (exact) mass is 293 g/mol. The van der Waals surface area contributed by atoms with Crippen molar-refractivity contribution in [3.8, 4) is 0 Å². The predicted octanol–water partition coefficient (Wildman–Crippen LogP) is 2.46. The Morgan fingerprint density at radius 3 is 2.81 bits per heavy atom. The summed E-state index contributed by atoms with van der Waals surface area (Å²) in [5, 5.41) is 7.98. The molecule has 0 amide bonds. The van der Waals surface area contributed by atoms with Gasteiger partial charge in [-0.2, -0.15) is 5.10 Å². The van der Waals surface area contributed by atoms with Crippen molar-refractivity contribution in [2.75, 3.05) is 19.6 Å². The smallest absolute Gasteiger partial charge is 0.141 e. The van der Waals surface area contributed by atoms with Gasteiger partial charge in [0.25, 0.3) is 0 Å². The van der Waals surface area contributed by atoms with Crippen molar-refractivity contribution in [1.82, 2.24) is 25.0 Å². The van der Waals surface area contributed by atoms with Gasteiger partial charge in [-0.25, -0.2) is 9.67 Å². The first-order chi connectivity index (χ1) is 9.85. The van der Waals surface area contributed by atoms with E-state index in [9.17, 15) is 0 Å². The molecule has 120 valence electrons. The van der Waals surface area contributed by atoms with Crippen LogP contribution in [0.1, 0.15) is 59.3 Å². The number of nitrogens with one attached hydrogen (secondary N) is 1. The fraction of sp³-hybridized carbons (Fsp3) is 0.875. The average Bonchev–Trinajstić information content (AvgIpc) is 2.84. The summed E-state index contributed by atoms with van der Waals surface area (Å²) < 4.78 is 2.04. The van der Waals surface area contributed by atoms with E-state index in [2.05, 4.69) is 54.9 Å². The van der Waals surface area contributed by atoms with Gasteiger partial charge in [-0.3, -0.25) is 4.90 Å². The van der Waals surface area contributed by atoms with Crippen molar-refractivity contribution >= 4 is 0 Å². The second kappa shape index (κ2) is 6.88. The third-order valence-corrected chi connectivity index (χ3v) is 4.03. The van der Waals surface area contributed by atoms with Crippen LogP contribution in [-0.2, 0) is 6.54 Å². The molecule has 1 aliphatic rings. The maximum atomic E-state index is 4.44. The average molecular weight is 293 g/mol. The van der Waals surface area contributed by atoms with Crippen molar-refractivity contribution in [3.05, 3.63) is 12.2 Å². The van der Waals surface area contributed by atoms with E-state index in [1.807, 2.05) is 4.68 Å². The van der Waals surface area contributed by atoms with Gasteiger partial charge < -0.3 is 5.32 Å². The van der Waals surface area contributed by atoms with Gasteiger partial charge in [0, 0.05) is 18.1 Å². The lowest BCUT2D eigenvalue weighted by Gasteiger charge is -2.34. The fourth-order valence-corrected chi connectivity index (χ4v) is 2.93. The molecular formula is C16H31N5. The molecular weight excluding hydrogens is 262 g/mol. The first-order valence-corrected chi connectivity index (χ1v) is 8.21. The molecule has 5 heteroatoms. The van der Waals surface area contributed by atoms with Crippen LogP contribution in [0, 0.1) is 5.92 Å². The Kier molecular flexibility index (Phi) is 5.38. The van der Waals surface area contributed by atoms with E-state index in [0.29, 0.717) is 6.04 Å². The highest BCUT2D eigenvalue weighted by Crippen LogP contribution is 2.19. The molecule has 0 aliphatic carbocycles. The predicted molar refractivity (Wildman–Crippen MR) is 86.2 cm³/mol. The van der Waals surface area contributed by atoms with E-state index >= 15 is 0 Å². The second-order valence-corrected chi connectivity index (χ2v) is 7.59. The van der Waals surface area contributed by atoms with E-state index in [4.69, 9.17) is 0 Å². The molecule has 0 spiro atoms. The normalized spacial score (nSPS) is 21.1. The van der Waals surface area contributed by atoms with Gasteiger partial charge in [0.2, 0.25) is 0 Å².